The molecule has 0 aromatic rings. The number of ether oxygens (including phenoxy) is 3. The van der Waals surface area contributed by atoms with Crippen molar-refractivity contribution in [2.75, 3.05) is 0 Å². The summed E-state index contributed by atoms with van der Waals surface area (Å²) in [6, 6.07) is 0. The first-order valence-electron chi connectivity index (χ1n) is 10.7. The SMILES string of the molecule is CCCCCCCCCCCCCCCCCC(=O)OC1=COC=CO1. The molecule has 0 aromatic heterocycles. The first-order chi connectivity index (χ1) is 12.8. The van der Waals surface area contributed by atoms with Gasteiger partial charge in [0.2, 0.25) is 0 Å². The van der Waals surface area contributed by atoms with E-state index < -0.39 is 0 Å². The summed E-state index contributed by atoms with van der Waals surface area (Å²) < 4.78 is 14.9. The fraction of sp³-hybridized carbons (Fsp3) is 0.773. The molecule has 4 heteroatoms. The lowest BCUT2D eigenvalue weighted by atomic mass is 10.0. The Labute approximate surface area is 160 Å². The summed E-state index contributed by atoms with van der Waals surface area (Å²) in [5.74, 6) is -0.150. The molecular formula is C22H38O4. The minimum absolute atomic E-state index is 0.110. The summed E-state index contributed by atoms with van der Waals surface area (Å²) in [5, 5.41) is 0. The van der Waals surface area contributed by atoms with Crippen LogP contribution in [0.1, 0.15) is 110 Å². The van der Waals surface area contributed by atoms with Crippen LogP contribution < -0.4 is 0 Å². The van der Waals surface area contributed by atoms with Gasteiger partial charge in [0.1, 0.15) is 12.5 Å². The van der Waals surface area contributed by atoms with Gasteiger partial charge in [-0.1, -0.05) is 96.8 Å². The second-order valence-electron chi connectivity index (χ2n) is 7.14. The minimum atomic E-state index is -0.259. The molecule has 0 fully saturated rings. The Kier molecular flexibility index (Phi) is 14.8. The molecule has 1 rings (SSSR count). The molecule has 0 N–H and O–H groups in total. The highest BCUT2D eigenvalue weighted by molar-refractivity contribution is 5.70. The summed E-state index contributed by atoms with van der Waals surface area (Å²) in [6.07, 6.45) is 24.2. The molecule has 1 aliphatic heterocycles. The number of carbonyl (C=O) groups excluding carboxylic acids is 1. The third kappa shape index (κ3) is 13.8. The van der Waals surface area contributed by atoms with Gasteiger partial charge in [0.15, 0.2) is 6.26 Å². The zero-order valence-electron chi connectivity index (χ0n) is 16.7. The van der Waals surface area contributed by atoms with Gasteiger partial charge < -0.3 is 14.2 Å². The second kappa shape index (κ2) is 17.0. The molecular weight excluding hydrogens is 328 g/mol. The van der Waals surface area contributed by atoms with E-state index >= 15 is 0 Å². The van der Waals surface area contributed by atoms with E-state index in [-0.39, 0.29) is 11.9 Å². The van der Waals surface area contributed by atoms with Crippen LogP contribution >= 0.6 is 0 Å². The van der Waals surface area contributed by atoms with Crippen molar-refractivity contribution in [2.45, 2.75) is 110 Å². The van der Waals surface area contributed by atoms with E-state index in [1.54, 1.807) is 0 Å². The Morgan fingerprint density at radius 3 is 1.73 bits per heavy atom. The topological polar surface area (TPSA) is 44.8 Å². The van der Waals surface area contributed by atoms with Gasteiger partial charge >= 0.3 is 11.9 Å². The van der Waals surface area contributed by atoms with Gasteiger partial charge in [0, 0.05) is 6.42 Å². The molecule has 0 radical (unpaired) electrons. The molecule has 0 atom stereocenters. The molecule has 0 saturated carbocycles. The lowest BCUT2D eigenvalue weighted by Crippen LogP contribution is -2.06. The molecule has 0 amide bonds. The average molecular weight is 367 g/mol. The Balaban J connectivity index is 1.75. The molecule has 0 saturated heterocycles. The zero-order valence-corrected chi connectivity index (χ0v) is 16.7. The highest BCUT2D eigenvalue weighted by Gasteiger charge is 2.09. The largest absolute Gasteiger partial charge is 0.462 e. The Bertz CT molecular complexity index is 401. The van der Waals surface area contributed by atoms with E-state index in [9.17, 15) is 4.79 Å². The standard InChI is InChI=1S/C22H38O4/c1-2-3-4-5-6-7-8-9-10-11-12-13-14-15-16-17-21(23)26-22-20-24-18-19-25-22/h18-20H,2-17H2,1H3. The quantitative estimate of drug-likeness (QED) is 0.203. The first-order valence-corrected chi connectivity index (χ1v) is 10.7. The Morgan fingerprint density at radius 1 is 0.769 bits per heavy atom. The van der Waals surface area contributed by atoms with Crippen LogP contribution in [0.2, 0.25) is 0 Å². The third-order valence-electron chi connectivity index (χ3n) is 4.68. The molecule has 0 unspecified atom stereocenters. The first kappa shape index (κ1) is 22.6. The van der Waals surface area contributed by atoms with Crippen molar-refractivity contribution in [2.24, 2.45) is 0 Å². The maximum Gasteiger partial charge on any atom is 0.329 e. The molecule has 0 spiro atoms. The maximum atomic E-state index is 11.6. The van der Waals surface area contributed by atoms with E-state index in [1.807, 2.05) is 0 Å². The Morgan fingerprint density at radius 2 is 1.27 bits per heavy atom. The van der Waals surface area contributed by atoms with Crippen molar-refractivity contribution in [3.8, 4) is 0 Å². The smallest absolute Gasteiger partial charge is 0.329 e. The number of unbranched alkanes of at least 4 members (excludes halogenated alkanes) is 14. The fourth-order valence-corrected chi connectivity index (χ4v) is 3.10. The van der Waals surface area contributed by atoms with E-state index in [0.717, 1.165) is 12.8 Å². The molecule has 1 aliphatic rings. The van der Waals surface area contributed by atoms with Crippen LogP contribution in [0.25, 0.3) is 0 Å². The van der Waals surface area contributed by atoms with Crippen LogP contribution in [0, 0.1) is 0 Å². The van der Waals surface area contributed by atoms with Crippen molar-refractivity contribution in [1.82, 2.24) is 0 Å². The van der Waals surface area contributed by atoms with Gasteiger partial charge in [-0.25, -0.2) is 0 Å². The van der Waals surface area contributed by atoms with Gasteiger partial charge in [0.05, 0.1) is 0 Å². The van der Waals surface area contributed by atoms with Crippen LogP contribution in [0.4, 0.5) is 0 Å². The maximum absolute atomic E-state index is 11.6. The van der Waals surface area contributed by atoms with Gasteiger partial charge in [-0.15, -0.1) is 0 Å². The van der Waals surface area contributed by atoms with E-state index in [4.69, 9.17) is 14.2 Å². The lowest BCUT2D eigenvalue weighted by molar-refractivity contribution is -0.144. The molecule has 0 aliphatic carbocycles. The normalized spacial score (nSPS) is 13.0. The predicted octanol–water partition coefficient (Wildman–Crippen LogP) is 7.11. The summed E-state index contributed by atoms with van der Waals surface area (Å²) in [6.45, 7) is 2.27. The van der Waals surface area contributed by atoms with Crippen LogP contribution in [0.5, 0.6) is 0 Å². The van der Waals surface area contributed by atoms with Gasteiger partial charge in [-0.2, -0.15) is 0 Å². The van der Waals surface area contributed by atoms with Crippen molar-refractivity contribution < 1.29 is 19.0 Å². The number of hydrogen-bond acceptors (Lipinski definition) is 4. The average Bonchev–Trinajstić information content (AvgIpc) is 2.65. The Hall–Kier alpha value is -1.45. The van der Waals surface area contributed by atoms with Gasteiger partial charge in [-0.05, 0) is 6.42 Å². The molecule has 150 valence electrons. The molecule has 0 aromatic carbocycles. The number of esters is 1. The van der Waals surface area contributed by atoms with Crippen molar-refractivity contribution in [3.63, 3.8) is 0 Å². The lowest BCUT2D eigenvalue weighted by Gasteiger charge is -2.09. The van der Waals surface area contributed by atoms with Crippen molar-refractivity contribution >= 4 is 5.97 Å². The number of rotatable bonds is 17. The predicted molar refractivity (Wildman–Crippen MR) is 105 cm³/mol. The van der Waals surface area contributed by atoms with E-state index in [0.29, 0.717) is 6.42 Å². The monoisotopic (exact) mass is 366 g/mol. The molecule has 0 bridgehead atoms. The summed E-state index contributed by atoms with van der Waals surface area (Å²) in [5.41, 5.74) is 0. The zero-order chi connectivity index (χ0) is 18.7. The van der Waals surface area contributed by atoms with Gasteiger partial charge in [0.25, 0.3) is 0 Å². The van der Waals surface area contributed by atoms with Crippen LogP contribution in [0.3, 0.4) is 0 Å². The van der Waals surface area contributed by atoms with Crippen molar-refractivity contribution in [3.05, 3.63) is 24.7 Å². The van der Waals surface area contributed by atoms with Crippen molar-refractivity contribution in [1.29, 1.82) is 0 Å². The number of carbonyl (C=O) groups is 1. The summed E-state index contributed by atoms with van der Waals surface area (Å²) in [7, 11) is 0. The second-order valence-corrected chi connectivity index (χ2v) is 7.14. The molecule has 4 nitrogen and oxygen atoms in total. The van der Waals surface area contributed by atoms with Crippen LogP contribution in [-0.4, -0.2) is 5.97 Å². The summed E-state index contributed by atoms with van der Waals surface area (Å²) in [4.78, 5) is 11.6. The summed E-state index contributed by atoms with van der Waals surface area (Å²) >= 11 is 0. The highest BCUT2D eigenvalue weighted by Crippen LogP contribution is 2.14. The molecule has 1 heterocycles. The van der Waals surface area contributed by atoms with Crippen LogP contribution in [0.15, 0.2) is 24.7 Å². The van der Waals surface area contributed by atoms with E-state index in [2.05, 4.69) is 6.92 Å². The van der Waals surface area contributed by atoms with Crippen LogP contribution in [-0.2, 0) is 19.0 Å². The molecule has 26 heavy (non-hydrogen) atoms. The third-order valence-corrected chi connectivity index (χ3v) is 4.68. The fourth-order valence-electron chi connectivity index (χ4n) is 3.10. The van der Waals surface area contributed by atoms with Gasteiger partial charge in [-0.3, -0.25) is 4.79 Å². The number of hydrogen-bond donors (Lipinski definition) is 0. The minimum Gasteiger partial charge on any atom is -0.462 e. The highest BCUT2D eigenvalue weighted by atomic mass is 16.7. The van der Waals surface area contributed by atoms with E-state index in [1.165, 1.54) is 102 Å².